The molecule has 0 radical (unpaired) electrons. The fourth-order valence-corrected chi connectivity index (χ4v) is 2.45. The first-order valence-corrected chi connectivity index (χ1v) is 6.69. The molecule has 2 N–H and O–H groups in total. The molecule has 1 aromatic heterocycles. The molecule has 4 nitrogen and oxygen atoms in total. The smallest absolute Gasteiger partial charge is 0.117 e. The number of ether oxygens (including phenoxy) is 1. The van der Waals surface area contributed by atoms with Crippen molar-refractivity contribution in [3.8, 4) is 0 Å². The highest BCUT2D eigenvalue weighted by Gasteiger charge is 2.20. The van der Waals surface area contributed by atoms with Gasteiger partial charge in [0.1, 0.15) is 5.00 Å². The molecule has 0 saturated heterocycles. The van der Waals surface area contributed by atoms with Gasteiger partial charge in [-0.2, -0.15) is 4.37 Å². The van der Waals surface area contributed by atoms with E-state index in [4.69, 9.17) is 4.74 Å². The van der Waals surface area contributed by atoms with Gasteiger partial charge in [0, 0.05) is 32.1 Å². The van der Waals surface area contributed by atoms with Gasteiger partial charge in [0.05, 0.1) is 11.1 Å². The van der Waals surface area contributed by atoms with E-state index < -0.39 is 5.60 Å². The summed E-state index contributed by atoms with van der Waals surface area (Å²) in [4.78, 5) is 0. The molecule has 98 valence electrons. The predicted molar refractivity (Wildman–Crippen MR) is 75.2 cm³/mol. The molecule has 0 bridgehead atoms. The molecule has 1 aromatic carbocycles. The van der Waals surface area contributed by atoms with Gasteiger partial charge in [-0.3, -0.25) is 0 Å². The van der Waals surface area contributed by atoms with E-state index in [2.05, 4.69) is 9.69 Å². The maximum Gasteiger partial charge on any atom is 0.117 e. The highest BCUT2D eigenvalue weighted by molar-refractivity contribution is 7.11. The van der Waals surface area contributed by atoms with Gasteiger partial charge in [-0.05, 0) is 30.6 Å². The molecule has 18 heavy (non-hydrogen) atoms. The first-order chi connectivity index (χ1) is 8.62. The molecule has 2 rings (SSSR count). The third kappa shape index (κ3) is 3.19. The lowest BCUT2D eigenvalue weighted by Gasteiger charge is -2.23. The second kappa shape index (κ2) is 5.65. The van der Waals surface area contributed by atoms with Crippen molar-refractivity contribution in [3.05, 3.63) is 24.3 Å². The van der Waals surface area contributed by atoms with Crippen LogP contribution in [0, 0.1) is 0 Å². The van der Waals surface area contributed by atoms with Gasteiger partial charge in [-0.15, -0.1) is 0 Å². The number of benzene rings is 1. The molecule has 0 spiro atoms. The second-order valence-electron chi connectivity index (χ2n) is 4.62. The van der Waals surface area contributed by atoms with Gasteiger partial charge >= 0.3 is 0 Å². The largest absolute Gasteiger partial charge is 0.388 e. The van der Waals surface area contributed by atoms with Gasteiger partial charge in [0.15, 0.2) is 0 Å². The van der Waals surface area contributed by atoms with Gasteiger partial charge in [-0.25, -0.2) is 0 Å². The van der Waals surface area contributed by atoms with E-state index in [9.17, 15) is 5.11 Å². The Morgan fingerprint density at radius 3 is 3.00 bits per heavy atom. The third-order valence-corrected chi connectivity index (χ3v) is 3.69. The predicted octanol–water partition coefficient (Wildman–Crippen LogP) is 2.50. The number of hydrogen-bond acceptors (Lipinski definition) is 5. The van der Waals surface area contributed by atoms with Crippen molar-refractivity contribution in [3.63, 3.8) is 0 Å². The van der Waals surface area contributed by atoms with Crippen molar-refractivity contribution < 1.29 is 9.84 Å². The summed E-state index contributed by atoms with van der Waals surface area (Å²) in [6.07, 6.45) is 0.604. The molecular formula is C13H18N2O2S. The summed E-state index contributed by atoms with van der Waals surface area (Å²) >= 11 is 1.42. The average molecular weight is 266 g/mol. The van der Waals surface area contributed by atoms with Gasteiger partial charge in [-0.1, -0.05) is 12.1 Å². The molecule has 0 saturated carbocycles. The van der Waals surface area contributed by atoms with Crippen molar-refractivity contribution >= 4 is 27.4 Å². The molecule has 1 unspecified atom stereocenters. The number of methoxy groups -OCH3 is 1. The van der Waals surface area contributed by atoms with Crippen LogP contribution in [-0.2, 0) is 4.74 Å². The lowest BCUT2D eigenvalue weighted by atomic mass is 10.0. The van der Waals surface area contributed by atoms with Crippen LogP contribution in [0.2, 0.25) is 0 Å². The Labute approximate surface area is 111 Å². The Morgan fingerprint density at radius 2 is 2.22 bits per heavy atom. The molecule has 1 heterocycles. The summed E-state index contributed by atoms with van der Waals surface area (Å²) in [6.45, 7) is 2.85. The summed E-state index contributed by atoms with van der Waals surface area (Å²) in [7, 11) is 1.64. The van der Waals surface area contributed by atoms with E-state index in [1.165, 1.54) is 11.5 Å². The summed E-state index contributed by atoms with van der Waals surface area (Å²) < 4.78 is 9.34. The monoisotopic (exact) mass is 266 g/mol. The van der Waals surface area contributed by atoms with Crippen LogP contribution in [-0.4, -0.2) is 35.3 Å². The zero-order valence-electron chi connectivity index (χ0n) is 10.6. The molecule has 0 aliphatic carbocycles. The average Bonchev–Trinajstić information content (AvgIpc) is 2.78. The molecule has 0 amide bonds. The fourth-order valence-electron chi connectivity index (χ4n) is 1.70. The number of nitrogens with one attached hydrogen (secondary N) is 1. The van der Waals surface area contributed by atoms with Crippen molar-refractivity contribution in [1.29, 1.82) is 0 Å². The Bertz CT molecular complexity index is 510. The molecular weight excluding hydrogens is 248 g/mol. The minimum absolute atomic E-state index is 0.489. The lowest BCUT2D eigenvalue weighted by molar-refractivity contribution is 0.0358. The minimum Gasteiger partial charge on any atom is -0.388 e. The summed E-state index contributed by atoms with van der Waals surface area (Å²) in [5, 5.41) is 15.5. The van der Waals surface area contributed by atoms with Crippen molar-refractivity contribution in [2.24, 2.45) is 0 Å². The van der Waals surface area contributed by atoms with E-state index in [0.717, 1.165) is 15.9 Å². The summed E-state index contributed by atoms with van der Waals surface area (Å²) in [5.74, 6) is 0. The summed E-state index contributed by atoms with van der Waals surface area (Å²) in [5.41, 5.74) is 0.211. The van der Waals surface area contributed by atoms with E-state index in [-0.39, 0.29) is 0 Å². The summed E-state index contributed by atoms with van der Waals surface area (Å²) in [6, 6.07) is 7.98. The molecule has 0 aliphatic rings. The highest BCUT2D eigenvalue weighted by Crippen LogP contribution is 2.27. The molecule has 5 heteroatoms. The second-order valence-corrected chi connectivity index (χ2v) is 5.40. The standard InChI is InChI=1S/C13H18N2O2S/c1-13(16,7-8-17-2)9-14-12-10-5-3-4-6-11(10)15-18-12/h3-6,14,16H,7-9H2,1-2H3. The van der Waals surface area contributed by atoms with E-state index in [1.807, 2.05) is 31.2 Å². The van der Waals surface area contributed by atoms with Crippen LogP contribution in [0.5, 0.6) is 0 Å². The van der Waals surface area contributed by atoms with Crippen LogP contribution in [0.1, 0.15) is 13.3 Å². The zero-order valence-corrected chi connectivity index (χ0v) is 11.5. The third-order valence-electron chi connectivity index (χ3n) is 2.86. The zero-order chi connectivity index (χ0) is 13.0. The number of nitrogens with zero attached hydrogens (tertiary/aromatic N) is 1. The Hall–Kier alpha value is -1.17. The number of aromatic nitrogens is 1. The normalized spacial score (nSPS) is 14.6. The van der Waals surface area contributed by atoms with Crippen LogP contribution in [0.3, 0.4) is 0 Å². The SMILES string of the molecule is COCCC(C)(O)CNc1snc2ccccc12. The van der Waals surface area contributed by atoms with Crippen molar-refractivity contribution in [2.75, 3.05) is 25.6 Å². The van der Waals surface area contributed by atoms with Crippen LogP contribution >= 0.6 is 11.5 Å². The Balaban J connectivity index is 2.01. The van der Waals surface area contributed by atoms with E-state index in [1.54, 1.807) is 7.11 Å². The van der Waals surface area contributed by atoms with Crippen LogP contribution in [0.25, 0.3) is 10.9 Å². The first-order valence-electron chi connectivity index (χ1n) is 5.92. The highest BCUT2D eigenvalue weighted by atomic mass is 32.1. The molecule has 0 aliphatic heterocycles. The van der Waals surface area contributed by atoms with Crippen LogP contribution in [0.4, 0.5) is 5.00 Å². The minimum atomic E-state index is -0.777. The lowest BCUT2D eigenvalue weighted by Crippen LogP contribution is -2.34. The van der Waals surface area contributed by atoms with Gasteiger partial charge in [0.2, 0.25) is 0 Å². The number of aliphatic hydroxyl groups is 1. The fraction of sp³-hybridized carbons (Fsp3) is 0.462. The van der Waals surface area contributed by atoms with Gasteiger partial charge < -0.3 is 15.2 Å². The first kappa shape index (κ1) is 13.3. The maximum atomic E-state index is 10.2. The van der Waals surface area contributed by atoms with Crippen molar-refractivity contribution in [2.45, 2.75) is 18.9 Å². The quantitative estimate of drug-likeness (QED) is 0.843. The number of fused-ring (bicyclic) bond motifs is 1. The van der Waals surface area contributed by atoms with Gasteiger partial charge in [0.25, 0.3) is 0 Å². The topological polar surface area (TPSA) is 54.4 Å². The maximum absolute atomic E-state index is 10.2. The Kier molecular flexibility index (Phi) is 4.16. The van der Waals surface area contributed by atoms with E-state index >= 15 is 0 Å². The molecule has 0 fully saturated rings. The number of hydrogen-bond donors (Lipinski definition) is 2. The molecule has 2 aromatic rings. The Morgan fingerprint density at radius 1 is 1.44 bits per heavy atom. The molecule has 1 atom stereocenters. The van der Waals surface area contributed by atoms with Crippen LogP contribution < -0.4 is 5.32 Å². The van der Waals surface area contributed by atoms with E-state index in [0.29, 0.717) is 19.6 Å². The number of anilines is 1. The number of rotatable bonds is 6. The van der Waals surface area contributed by atoms with Crippen LogP contribution in [0.15, 0.2) is 24.3 Å². The van der Waals surface area contributed by atoms with Crippen molar-refractivity contribution in [1.82, 2.24) is 4.37 Å².